The summed E-state index contributed by atoms with van der Waals surface area (Å²) in [5.74, 6) is 0.855. The fourth-order valence-corrected chi connectivity index (χ4v) is 1.34. The Labute approximate surface area is 94.1 Å². The van der Waals surface area contributed by atoms with Crippen LogP contribution in [-0.4, -0.2) is 16.3 Å². The van der Waals surface area contributed by atoms with Gasteiger partial charge in [0.25, 0.3) is 0 Å². The molecule has 16 heavy (non-hydrogen) atoms. The molecule has 1 heterocycles. The highest BCUT2D eigenvalue weighted by atomic mass is 16.3. The molecule has 0 radical (unpaired) electrons. The third-order valence-electron chi connectivity index (χ3n) is 2.17. The van der Waals surface area contributed by atoms with Gasteiger partial charge in [-0.25, -0.2) is 9.98 Å². The zero-order valence-electron chi connectivity index (χ0n) is 8.96. The number of aryl methyl sites for hydroxylation is 1. The van der Waals surface area contributed by atoms with Crippen molar-refractivity contribution in [1.82, 2.24) is 4.98 Å². The maximum Gasteiger partial charge on any atom is 0.151 e. The molecule has 1 aromatic carbocycles. The predicted molar refractivity (Wildman–Crippen MR) is 64.3 cm³/mol. The second kappa shape index (κ2) is 4.57. The van der Waals surface area contributed by atoms with E-state index in [-0.39, 0.29) is 5.75 Å². The molecule has 0 aliphatic carbocycles. The summed E-state index contributed by atoms with van der Waals surface area (Å²) < 4.78 is 0. The van der Waals surface area contributed by atoms with Gasteiger partial charge in [0.1, 0.15) is 5.75 Å². The number of phenolic OH excluding ortho intramolecular Hbond substituents is 1. The van der Waals surface area contributed by atoms with E-state index in [1.165, 1.54) is 0 Å². The van der Waals surface area contributed by atoms with E-state index in [2.05, 4.69) is 9.98 Å². The van der Waals surface area contributed by atoms with Gasteiger partial charge in [-0.05, 0) is 31.2 Å². The third-order valence-corrected chi connectivity index (χ3v) is 2.17. The summed E-state index contributed by atoms with van der Waals surface area (Å²) in [6.07, 6.45) is 3.30. The molecule has 0 saturated carbocycles. The Kier molecular flexibility index (Phi) is 2.96. The minimum atomic E-state index is 0.227. The first-order valence-corrected chi connectivity index (χ1v) is 5.00. The fourth-order valence-electron chi connectivity index (χ4n) is 1.34. The van der Waals surface area contributed by atoms with Crippen LogP contribution in [0.5, 0.6) is 5.75 Å². The first kappa shape index (κ1) is 10.4. The van der Waals surface area contributed by atoms with E-state index in [1.54, 1.807) is 18.5 Å². The van der Waals surface area contributed by atoms with Crippen molar-refractivity contribution in [3.05, 3.63) is 53.7 Å². The first-order valence-electron chi connectivity index (χ1n) is 5.00. The van der Waals surface area contributed by atoms with Gasteiger partial charge in [0, 0.05) is 18.0 Å². The van der Waals surface area contributed by atoms with E-state index >= 15 is 0 Å². The van der Waals surface area contributed by atoms with Gasteiger partial charge in [-0.1, -0.05) is 17.7 Å². The van der Waals surface area contributed by atoms with E-state index in [1.807, 2.05) is 37.3 Å². The molecular formula is C13H12N2O. The van der Waals surface area contributed by atoms with Crippen LogP contribution in [0.4, 0.5) is 5.82 Å². The van der Waals surface area contributed by atoms with Gasteiger partial charge in [-0.15, -0.1) is 0 Å². The molecule has 0 aliphatic heterocycles. The number of pyridine rings is 1. The van der Waals surface area contributed by atoms with Crippen molar-refractivity contribution >= 4 is 12.0 Å². The maximum absolute atomic E-state index is 9.60. The summed E-state index contributed by atoms with van der Waals surface area (Å²) in [6.45, 7) is 1.97. The van der Waals surface area contributed by atoms with Gasteiger partial charge in [0.05, 0.1) is 0 Å². The largest absolute Gasteiger partial charge is 0.507 e. The van der Waals surface area contributed by atoms with Crippen LogP contribution in [0.15, 0.2) is 47.6 Å². The molecule has 0 fully saturated rings. The molecule has 1 N–H and O–H groups in total. The van der Waals surface area contributed by atoms with Crippen LogP contribution >= 0.6 is 0 Å². The zero-order valence-corrected chi connectivity index (χ0v) is 8.96. The monoisotopic (exact) mass is 212 g/mol. The van der Waals surface area contributed by atoms with Gasteiger partial charge in [0.2, 0.25) is 0 Å². The van der Waals surface area contributed by atoms with Crippen LogP contribution in [0.2, 0.25) is 0 Å². The van der Waals surface area contributed by atoms with E-state index in [4.69, 9.17) is 0 Å². The number of nitrogens with zero attached hydrogens (tertiary/aromatic N) is 2. The zero-order chi connectivity index (χ0) is 11.4. The van der Waals surface area contributed by atoms with Gasteiger partial charge in [0.15, 0.2) is 5.82 Å². The molecule has 0 atom stereocenters. The molecule has 2 rings (SSSR count). The number of rotatable bonds is 2. The molecular weight excluding hydrogens is 200 g/mol. The molecule has 0 saturated heterocycles. The minimum absolute atomic E-state index is 0.227. The number of aromatic hydroxyl groups is 1. The lowest BCUT2D eigenvalue weighted by Gasteiger charge is -1.99. The van der Waals surface area contributed by atoms with Gasteiger partial charge in [-0.2, -0.15) is 0 Å². The Morgan fingerprint density at radius 1 is 1.25 bits per heavy atom. The summed E-state index contributed by atoms with van der Waals surface area (Å²) in [4.78, 5) is 8.25. The second-order valence-corrected chi connectivity index (χ2v) is 3.51. The summed E-state index contributed by atoms with van der Waals surface area (Å²) in [5.41, 5.74) is 1.78. The number of aliphatic imine (C=N–C) groups is 1. The molecule has 0 aliphatic rings. The molecule has 3 nitrogen and oxygen atoms in total. The minimum Gasteiger partial charge on any atom is -0.507 e. The second-order valence-electron chi connectivity index (χ2n) is 3.51. The fraction of sp³-hybridized carbons (Fsp3) is 0.0769. The quantitative estimate of drug-likeness (QED) is 0.778. The Hall–Kier alpha value is -2.16. The van der Waals surface area contributed by atoms with E-state index in [9.17, 15) is 5.11 Å². The number of hydrogen-bond acceptors (Lipinski definition) is 3. The highest BCUT2D eigenvalue weighted by Gasteiger charge is 1.97. The molecule has 1 aromatic heterocycles. The Bertz CT molecular complexity index is 507. The topological polar surface area (TPSA) is 45.5 Å². The van der Waals surface area contributed by atoms with E-state index < -0.39 is 0 Å². The van der Waals surface area contributed by atoms with Crippen molar-refractivity contribution in [2.24, 2.45) is 4.99 Å². The Morgan fingerprint density at radius 3 is 2.88 bits per heavy atom. The SMILES string of the molecule is Cc1ccc(O)c(/C=N/c2ccccn2)c1. The van der Waals surface area contributed by atoms with Crippen molar-refractivity contribution in [2.75, 3.05) is 0 Å². The number of phenols is 1. The Balaban J connectivity index is 2.27. The normalized spacial score (nSPS) is 10.8. The first-order chi connectivity index (χ1) is 7.75. The molecule has 0 spiro atoms. The smallest absolute Gasteiger partial charge is 0.151 e. The van der Waals surface area contributed by atoms with Gasteiger partial charge < -0.3 is 5.11 Å². The van der Waals surface area contributed by atoms with Crippen LogP contribution < -0.4 is 0 Å². The predicted octanol–water partition coefficient (Wildman–Crippen LogP) is 2.85. The molecule has 80 valence electrons. The van der Waals surface area contributed by atoms with Gasteiger partial charge >= 0.3 is 0 Å². The van der Waals surface area contributed by atoms with Crippen LogP contribution in [0.25, 0.3) is 0 Å². The average molecular weight is 212 g/mol. The molecule has 3 heteroatoms. The number of aromatic nitrogens is 1. The number of benzene rings is 1. The summed E-state index contributed by atoms with van der Waals surface area (Å²) in [7, 11) is 0. The third kappa shape index (κ3) is 2.45. The summed E-state index contributed by atoms with van der Waals surface area (Å²) in [6, 6.07) is 10.9. The van der Waals surface area contributed by atoms with Crippen molar-refractivity contribution < 1.29 is 5.11 Å². The lowest BCUT2D eigenvalue weighted by Crippen LogP contribution is -1.84. The standard InChI is InChI=1S/C13H12N2O/c1-10-5-6-12(16)11(8-10)9-15-13-4-2-3-7-14-13/h2-9,16H,1H3/b15-9+. The van der Waals surface area contributed by atoms with Crippen molar-refractivity contribution in [3.8, 4) is 5.75 Å². The lowest BCUT2D eigenvalue weighted by molar-refractivity contribution is 0.474. The van der Waals surface area contributed by atoms with Gasteiger partial charge in [-0.3, -0.25) is 0 Å². The van der Waals surface area contributed by atoms with Crippen LogP contribution in [0.1, 0.15) is 11.1 Å². The van der Waals surface area contributed by atoms with E-state index in [0.29, 0.717) is 11.4 Å². The van der Waals surface area contributed by atoms with Crippen LogP contribution in [-0.2, 0) is 0 Å². The summed E-state index contributed by atoms with van der Waals surface area (Å²) in [5, 5.41) is 9.60. The average Bonchev–Trinajstić information content (AvgIpc) is 2.32. The molecule has 0 bridgehead atoms. The van der Waals surface area contributed by atoms with Crippen molar-refractivity contribution in [1.29, 1.82) is 0 Å². The highest BCUT2D eigenvalue weighted by molar-refractivity contribution is 5.85. The summed E-state index contributed by atoms with van der Waals surface area (Å²) >= 11 is 0. The molecule has 2 aromatic rings. The maximum atomic E-state index is 9.60. The van der Waals surface area contributed by atoms with Crippen molar-refractivity contribution in [2.45, 2.75) is 6.92 Å². The lowest BCUT2D eigenvalue weighted by atomic mass is 10.1. The van der Waals surface area contributed by atoms with Crippen molar-refractivity contribution in [3.63, 3.8) is 0 Å². The van der Waals surface area contributed by atoms with Crippen LogP contribution in [0, 0.1) is 6.92 Å². The van der Waals surface area contributed by atoms with Crippen LogP contribution in [0.3, 0.4) is 0 Å². The number of hydrogen-bond donors (Lipinski definition) is 1. The molecule has 0 amide bonds. The highest BCUT2D eigenvalue weighted by Crippen LogP contribution is 2.17. The van der Waals surface area contributed by atoms with E-state index in [0.717, 1.165) is 5.56 Å². The Morgan fingerprint density at radius 2 is 2.12 bits per heavy atom. The molecule has 0 unspecified atom stereocenters.